The Morgan fingerprint density at radius 2 is 1.87 bits per heavy atom. The highest BCUT2D eigenvalue weighted by Crippen LogP contribution is 2.46. The number of hydrogen-bond acceptors (Lipinski definition) is 12. The van der Waals surface area contributed by atoms with Crippen molar-refractivity contribution < 1.29 is 74.3 Å². The number of anilines is 1. The van der Waals surface area contributed by atoms with E-state index in [9.17, 15) is 50.5 Å². The molecule has 3 N–H and O–H groups in total. The van der Waals surface area contributed by atoms with Crippen LogP contribution >= 0.6 is 7.82 Å². The number of ether oxygens (including phenoxy) is 2. The lowest BCUT2D eigenvalue weighted by atomic mass is 9.84. The second-order valence-corrected chi connectivity index (χ2v) is 16.0. The van der Waals surface area contributed by atoms with Gasteiger partial charge in [-0.15, -0.1) is 0 Å². The van der Waals surface area contributed by atoms with Crippen LogP contribution in [0.2, 0.25) is 0 Å². The zero-order valence-electron chi connectivity index (χ0n) is 33.1. The van der Waals surface area contributed by atoms with Crippen molar-refractivity contribution in [3.05, 3.63) is 87.0 Å². The van der Waals surface area contributed by atoms with E-state index in [1.807, 2.05) is 0 Å². The quantitative estimate of drug-likeness (QED) is 0.127. The predicted octanol–water partition coefficient (Wildman–Crippen LogP) is 4.76. The highest BCUT2D eigenvalue weighted by molar-refractivity contribution is 7.46. The van der Waals surface area contributed by atoms with E-state index in [2.05, 4.69) is 24.7 Å². The first kappa shape index (κ1) is 45.6. The Bertz CT molecular complexity index is 2410. The van der Waals surface area contributed by atoms with Crippen LogP contribution in [0, 0.1) is 11.6 Å². The molecule has 5 heterocycles. The number of oxime groups is 1. The number of carbonyl (C=O) groups is 4. The maximum absolute atomic E-state index is 14.5. The molecule has 1 saturated heterocycles. The van der Waals surface area contributed by atoms with Gasteiger partial charge < -0.3 is 43.8 Å². The topological polar surface area (TPSA) is 232 Å². The van der Waals surface area contributed by atoms with Crippen molar-refractivity contribution in [2.45, 2.75) is 76.5 Å². The molecule has 19 nitrogen and oxygen atoms in total. The van der Waals surface area contributed by atoms with E-state index >= 15 is 0 Å². The fraction of sp³-hybridized carbons (Fsp3) is 0.432. The van der Waals surface area contributed by atoms with Gasteiger partial charge in [0, 0.05) is 68.7 Å². The fourth-order valence-electron chi connectivity index (χ4n) is 7.34. The van der Waals surface area contributed by atoms with Gasteiger partial charge in [0.2, 0.25) is 18.0 Å². The average Bonchev–Trinajstić information content (AvgIpc) is 3.53. The Morgan fingerprint density at radius 3 is 2.53 bits per heavy atom. The number of nitrogens with one attached hydrogen (secondary N) is 1. The summed E-state index contributed by atoms with van der Waals surface area (Å²) in [5, 5.41) is 6.56. The van der Waals surface area contributed by atoms with Gasteiger partial charge in [-0.3, -0.25) is 19.3 Å². The summed E-state index contributed by atoms with van der Waals surface area (Å²) in [6.07, 6.45) is -5.80. The Morgan fingerprint density at radius 1 is 1.13 bits per heavy atom. The number of fused-ring (bicyclic) bond motifs is 5. The number of rotatable bonds is 12. The molecule has 25 heteroatoms. The molecule has 3 atom stereocenters. The largest absolute Gasteiger partial charge is 0.472 e. The van der Waals surface area contributed by atoms with E-state index in [1.54, 1.807) is 13.8 Å². The lowest BCUT2D eigenvalue weighted by Crippen LogP contribution is -2.52. The highest BCUT2D eigenvalue weighted by atomic mass is 31.2. The van der Waals surface area contributed by atoms with Crippen molar-refractivity contribution in [1.82, 2.24) is 24.7 Å². The van der Waals surface area contributed by atoms with Gasteiger partial charge in [-0.2, -0.15) is 13.2 Å². The molecule has 6 rings (SSSR count). The molecule has 3 aliphatic heterocycles. The molecule has 3 aliphatic rings. The number of halogens is 5. The van der Waals surface area contributed by atoms with Crippen molar-refractivity contribution in [2.75, 3.05) is 31.8 Å². The summed E-state index contributed by atoms with van der Waals surface area (Å²) in [6, 6.07) is 4.01. The molecule has 4 amide bonds. The average molecular weight is 900 g/mol. The van der Waals surface area contributed by atoms with Gasteiger partial charge in [0.1, 0.15) is 23.0 Å². The molecule has 1 spiro atoms. The van der Waals surface area contributed by atoms with Crippen LogP contribution in [0.25, 0.3) is 0 Å². The van der Waals surface area contributed by atoms with Crippen LogP contribution in [-0.2, 0) is 31.8 Å². The van der Waals surface area contributed by atoms with Crippen molar-refractivity contribution >= 4 is 43.4 Å². The number of carbonyl (C=O) groups excluding carboxylic acids is 4. The predicted molar refractivity (Wildman–Crippen MR) is 203 cm³/mol. The van der Waals surface area contributed by atoms with Crippen LogP contribution in [0.3, 0.4) is 0 Å². The second kappa shape index (κ2) is 17.8. The molecule has 0 saturated carbocycles. The molecule has 62 heavy (non-hydrogen) atoms. The molecular formula is C37H39F5N7O12P. The van der Waals surface area contributed by atoms with Gasteiger partial charge in [-0.25, -0.2) is 32.4 Å². The minimum atomic E-state index is -5.14. The number of hydrogen-bond donors (Lipinski definition) is 3. The number of benzene rings is 1. The minimum absolute atomic E-state index is 0.0316. The van der Waals surface area contributed by atoms with Crippen molar-refractivity contribution in [2.24, 2.45) is 5.16 Å². The number of aromatic nitrogens is 2. The molecule has 0 aliphatic carbocycles. The molecule has 0 unspecified atom stereocenters. The smallest absolute Gasteiger partial charge is 0.422 e. The van der Waals surface area contributed by atoms with Crippen LogP contribution < -0.4 is 20.4 Å². The summed E-state index contributed by atoms with van der Waals surface area (Å²) >= 11 is 0. The summed E-state index contributed by atoms with van der Waals surface area (Å²) in [4.78, 5) is 100.0. The third-order valence-corrected chi connectivity index (χ3v) is 10.9. The van der Waals surface area contributed by atoms with Gasteiger partial charge in [-0.1, -0.05) is 17.3 Å². The van der Waals surface area contributed by atoms with Crippen LogP contribution in [0.5, 0.6) is 5.75 Å². The van der Waals surface area contributed by atoms with E-state index in [-0.39, 0.29) is 23.5 Å². The highest BCUT2D eigenvalue weighted by Gasteiger charge is 2.54. The summed E-state index contributed by atoms with van der Waals surface area (Å²) in [7, 11) is -4.05. The van der Waals surface area contributed by atoms with E-state index in [4.69, 9.17) is 19.4 Å². The fourth-order valence-corrected chi connectivity index (χ4v) is 7.53. The number of phosphoric acid groups is 1. The van der Waals surface area contributed by atoms with E-state index in [1.165, 1.54) is 27.8 Å². The Kier molecular flexibility index (Phi) is 13.1. The number of alkyl halides is 3. The number of phosphoric ester groups is 1. The van der Waals surface area contributed by atoms with Crippen molar-refractivity contribution in [3.63, 3.8) is 0 Å². The maximum Gasteiger partial charge on any atom is 0.472 e. The summed E-state index contributed by atoms with van der Waals surface area (Å²) in [6.45, 7) is -0.0448. The van der Waals surface area contributed by atoms with E-state index in [0.29, 0.717) is 40.8 Å². The monoisotopic (exact) mass is 899 g/mol. The molecular weight excluding hydrogens is 860 g/mol. The Balaban J connectivity index is 1.37. The number of amides is 4. The second-order valence-electron chi connectivity index (χ2n) is 14.7. The summed E-state index contributed by atoms with van der Waals surface area (Å²) < 4.78 is 94.6. The normalized spacial score (nSPS) is 19.5. The Labute approximate surface area is 348 Å². The minimum Gasteiger partial charge on any atom is -0.422 e. The molecule has 3 aromatic rings. The molecule has 2 bridgehead atoms. The van der Waals surface area contributed by atoms with E-state index < -0.39 is 123 Å². The first-order chi connectivity index (χ1) is 29.1. The van der Waals surface area contributed by atoms with Crippen LogP contribution in [0.1, 0.15) is 77.5 Å². The van der Waals surface area contributed by atoms with Gasteiger partial charge in [-0.05, 0) is 38.8 Å². The lowest BCUT2D eigenvalue weighted by Gasteiger charge is -2.42. The third-order valence-electron chi connectivity index (χ3n) is 10.5. The number of nitrogens with zero attached hydrogens (tertiary/aromatic N) is 6. The van der Waals surface area contributed by atoms with E-state index in [0.717, 1.165) is 25.4 Å². The lowest BCUT2D eigenvalue weighted by molar-refractivity contribution is -0.137. The van der Waals surface area contributed by atoms with Crippen LogP contribution in [-0.4, -0.2) is 104 Å². The first-order valence-corrected chi connectivity index (χ1v) is 20.2. The van der Waals surface area contributed by atoms with Crippen molar-refractivity contribution in [3.8, 4) is 5.75 Å². The zero-order chi connectivity index (χ0) is 45.3. The third kappa shape index (κ3) is 10.0. The van der Waals surface area contributed by atoms with Gasteiger partial charge >= 0.3 is 26.2 Å². The van der Waals surface area contributed by atoms with Crippen LogP contribution in [0.4, 0.5) is 37.4 Å². The molecule has 1 aromatic carbocycles. The standard InChI is InChI=1S/C37H39F5N7O12P/c1-20-14-36(61-45-20)9-8-21(2)48-18-27(36)49-17-25(32(51)44-15-22-6-7-24(38)13-26(22)39)29(50)30(28(49)33(48)52)60-34(53)46(3)31-23(5-4-11-43-31)16-47(12-10-37(40,41)42)35(54)58-19-59-62(55,56)57/h4-7,11,13,17,21,27H,8-10,12,14-16,18-19H2,1-3H3,(H,44,51)(H2,55,56,57)/t21-,27+,36-/m0/s1. The van der Waals surface area contributed by atoms with Gasteiger partial charge in [0.15, 0.2) is 11.3 Å². The Hall–Kier alpha value is -5.97. The summed E-state index contributed by atoms with van der Waals surface area (Å²) in [5.74, 6) is -4.92. The molecule has 334 valence electrons. The van der Waals surface area contributed by atoms with Gasteiger partial charge in [0.25, 0.3) is 11.8 Å². The van der Waals surface area contributed by atoms with Crippen molar-refractivity contribution in [1.29, 1.82) is 0 Å². The van der Waals surface area contributed by atoms with Gasteiger partial charge in [0.05, 0.1) is 24.7 Å². The molecule has 0 radical (unpaired) electrons. The summed E-state index contributed by atoms with van der Waals surface area (Å²) in [5.41, 5.74) is -3.01. The molecule has 2 aromatic heterocycles. The first-order valence-electron chi connectivity index (χ1n) is 18.7. The maximum atomic E-state index is 14.5. The molecule has 1 fully saturated rings. The SMILES string of the molecule is CC1=NO[C@@]2(CC[C@H](C)N3C[C@H]2n2cc(C(=O)NCc4ccc(F)cc4F)c(=O)c(OC(=O)N(C)c4ncccc4CN(CCC(F)(F)F)C(=O)OCOP(=O)(O)O)c2C3=O)C1. The van der Waals surface area contributed by atoms with Crippen LogP contribution in [0.15, 0.2) is 52.7 Å². The zero-order valence-corrected chi connectivity index (χ0v) is 34.0. The number of pyridine rings is 2.